The number of carbonyl (C=O) groups excluding carboxylic acids is 1. The number of halogens is 1. The number of amides is 1. The monoisotopic (exact) mass is 463 g/mol. The lowest BCUT2D eigenvalue weighted by Gasteiger charge is -2.17. The van der Waals surface area contributed by atoms with Gasteiger partial charge in [-0.2, -0.15) is 5.10 Å². The SMILES string of the molecule is Cc1cc(C)n(-c2ccc(SC(C(=O)Nc3ccc(C)c(Cl)c3)c3ccccc3)nn2)n1. The van der Waals surface area contributed by atoms with E-state index in [-0.39, 0.29) is 5.91 Å². The molecule has 0 radical (unpaired) electrons. The summed E-state index contributed by atoms with van der Waals surface area (Å²) < 4.78 is 1.75. The van der Waals surface area contributed by atoms with Gasteiger partial charge in [0.25, 0.3) is 0 Å². The molecular weight excluding hydrogens is 442 g/mol. The molecule has 2 aromatic carbocycles. The zero-order valence-electron chi connectivity index (χ0n) is 17.9. The number of nitrogens with one attached hydrogen (secondary N) is 1. The van der Waals surface area contributed by atoms with Crippen LogP contribution in [-0.2, 0) is 4.79 Å². The highest BCUT2D eigenvalue weighted by molar-refractivity contribution is 8.00. The minimum absolute atomic E-state index is 0.162. The first-order valence-electron chi connectivity index (χ1n) is 10.1. The van der Waals surface area contributed by atoms with Gasteiger partial charge in [0, 0.05) is 16.4 Å². The van der Waals surface area contributed by atoms with Crippen molar-refractivity contribution in [2.45, 2.75) is 31.0 Å². The summed E-state index contributed by atoms with van der Waals surface area (Å²) in [5.41, 5.74) is 4.38. The maximum atomic E-state index is 13.2. The van der Waals surface area contributed by atoms with Crippen LogP contribution < -0.4 is 5.32 Å². The second kappa shape index (κ2) is 9.54. The molecule has 0 aliphatic rings. The van der Waals surface area contributed by atoms with Crippen LogP contribution in [0.5, 0.6) is 0 Å². The van der Waals surface area contributed by atoms with Crippen LogP contribution in [0.2, 0.25) is 5.02 Å². The first-order valence-corrected chi connectivity index (χ1v) is 11.3. The molecular formula is C24H22ClN5OS. The zero-order valence-corrected chi connectivity index (χ0v) is 19.5. The van der Waals surface area contributed by atoms with Gasteiger partial charge in [0.15, 0.2) is 5.82 Å². The van der Waals surface area contributed by atoms with Crippen LogP contribution in [0.4, 0.5) is 5.69 Å². The number of nitrogens with zero attached hydrogens (tertiary/aromatic N) is 4. The standard InChI is InChI=1S/C24H22ClN5OS/c1-15-9-10-19(14-20(15)25)26-24(31)23(18-7-5-4-6-8-18)32-22-12-11-21(27-28-22)30-17(3)13-16(2)29-30/h4-14,23H,1-3H3,(H,26,31). The van der Waals surface area contributed by atoms with Gasteiger partial charge in [-0.3, -0.25) is 4.79 Å². The van der Waals surface area contributed by atoms with Crippen LogP contribution in [0.1, 0.15) is 27.8 Å². The summed E-state index contributed by atoms with van der Waals surface area (Å²) in [6.07, 6.45) is 0. The van der Waals surface area contributed by atoms with E-state index in [1.54, 1.807) is 10.7 Å². The number of anilines is 1. The van der Waals surface area contributed by atoms with E-state index in [1.807, 2.05) is 81.4 Å². The molecule has 4 aromatic rings. The fraction of sp³-hybridized carbons (Fsp3) is 0.167. The third-order valence-corrected chi connectivity index (χ3v) is 6.46. The number of thioether (sulfide) groups is 1. The van der Waals surface area contributed by atoms with E-state index in [2.05, 4.69) is 20.6 Å². The lowest BCUT2D eigenvalue weighted by molar-refractivity contribution is -0.115. The molecule has 162 valence electrons. The fourth-order valence-corrected chi connectivity index (χ4v) is 4.37. The third-order valence-electron chi connectivity index (χ3n) is 4.87. The van der Waals surface area contributed by atoms with Crippen LogP contribution in [0.15, 0.2) is 71.8 Å². The van der Waals surface area contributed by atoms with E-state index in [9.17, 15) is 4.79 Å². The number of carbonyl (C=O) groups is 1. The highest BCUT2D eigenvalue weighted by atomic mass is 35.5. The Labute approximate surface area is 196 Å². The van der Waals surface area contributed by atoms with Crippen molar-refractivity contribution in [2.75, 3.05) is 5.32 Å². The second-order valence-corrected chi connectivity index (χ2v) is 8.96. The van der Waals surface area contributed by atoms with Gasteiger partial charge in [-0.25, -0.2) is 4.68 Å². The molecule has 0 aliphatic heterocycles. The number of aryl methyl sites for hydroxylation is 3. The molecule has 0 saturated heterocycles. The second-order valence-electron chi connectivity index (χ2n) is 7.43. The van der Waals surface area contributed by atoms with Gasteiger partial charge in [-0.1, -0.05) is 59.8 Å². The van der Waals surface area contributed by atoms with Crippen LogP contribution in [-0.4, -0.2) is 25.9 Å². The highest BCUT2D eigenvalue weighted by Crippen LogP contribution is 2.35. The van der Waals surface area contributed by atoms with Crippen molar-refractivity contribution in [3.8, 4) is 5.82 Å². The predicted molar refractivity (Wildman–Crippen MR) is 128 cm³/mol. The maximum Gasteiger partial charge on any atom is 0.242 e. The zero-order chi connectivity index (χ0) is 22.7. The summed E-state index contributed by atoms with van der Waals surface area (Å²) in [6, 6.07) is 20.8. The molecule has 0 fully saturated rings. The normalized spacial score (nSPS) is 11.9. The summed E-state index contributed by atoms with van der Waals surface area (Å²) in [4.78, 5) is 13.2. The van der Waals surface area contributed by atoms with Crippen molar-refractivity contribution in [3.63, 3.8) is 0 Å². The Morgan fingerprint density at radius 3 is 2.41 bits per heavy atom. The van der Waals surface area contributed by atoms with Crippen LogP contribution >= 0.6 is 23.4 Å². The first-order chi connectivity index (χ1) is 15.4. The van der Waals surface area contributed by atoms with E-state index in [0.717, 1.165) is 22.5 Å². The Bertz CT molecular complexity index is 1240. The van der Waals surface area contributed by atoms with E-state index in [0.29, 0.717) is 21.6 Å². The van der Waals surface area contributed by atoms with E-state index in [4.69, 9.17) is 11.6 Å². The molecule has 6 nitrogen and oxygen atoms in total. The molecule has 2 heterocycles. The molecule has 8 heteroatoms. The average molecular weight is 464 g/mol. The number of hydrogen-bond acceptors (Lipinski definition) is 5. The number of aromatic nitrogens is 4. The molecule has 0 saturated carbocycles. The molecule has 1 unspecified atom stereocenters. The van der Waals surface area contributed by atoms with E-state index < -0.39 is 5.25 Å². The lowest BCUT2D eigenvalue weighted by atomic mass is 10.1. The van der Waals surface area contributed by atoms with Crippen molar-refractivity contribution >= 4 is 35.0 Å². The Morgan fingerprint density at radius 1 is 1.00 bits per heavy atom. The first kappa shape index (κ1) is 22.0. The molecule has 0 aliphatic carbocycles. The van der Waals surface area contributed by atoms with Gasteiger partial charge in [0.1, 0.15) is 10.3 Å². The van der Waals surface area contributed by atoms with E-state index in [1.165, 1.54) is 11.8 Å². The highest BCUT2D eigenvalue weighted by Gasteiger charge is 2.23. The number of benzene rings is 2. The maximum absolute atomic E-state index is 13.2. The summed E-state index contributed by atoms with van der Waals surface area (Å²) in [5, 5.41) is 16.8. The molecule has 2 aromatic heterocycles. The van der Waals surface area contributed by atoms with Gasteiger partial charge in [0.05, 0.1) is 5.69 Å². The van der Waals surface area contributed by atoms with Gasteiger partial charge in [0.2, 0.25) is 5.91 Å². The van der Waals surface area contributed by atoms with Crippen molar-refractivity contribution in [2.24, 2.45) is 0 Å². The molecule has 4 rings (SSSR count). The summed E-state index contributed by atoms with van der Waals surface area (Å²) in [6.45, 7) is 5.83. The van der Waals surface area contributed by atoms with Gasteiger partial charge >= 0.3 is 0 Å². The minimum Gasteiger partial charge on any atom is -0.325 e. The Kier molecular flexibility index (Phi) is 6.58. The van der Waals surface area contributed by atoms with Crippen molar-refractivity contribution in [1.29, 1.82) is 0 Å². The largest absolute Gasteiger partial charge is 0.325 e. The fourth-order valence-electron chi connectivity index (χ4n) is 3.25. The van der Waals surface area contributed by atoms with Gasteiger partial charge < -0.3 is 5.32 Å². The summed E-state index contributed by atoms with van der Waals surface area (Å²) in [5.74, 6) is 0.473. The van der Waals surface area contributed by atoms with Gasteiger partial charge in [-0.15, -0.1) is 10.2 Å². The molecule has 1 atom stereocenters. The van der Waals surface area contributed by atoms with Gasteiger partial charge in [-0.05, 0) is 62.2 Å². The van der Waals surface area contributed by atoms with Crippen molar-refractivity contribution in [1.82, 2.24) is 20.0 Å². The van der Waals surface area contributed by atoms with Crippen molar-refractivity contribution in [3.05, 3.63) is 94.3 Å². The number of rotatable bonds is 6. The Hall–Kier alpha value is -3.16. The molecule has 1 N–H and O–H groups in total. The van der Waals surface area contributed by atoms with Crippen LogP contribution in [0.3, 0.4) is 0 Å². The van der Waals surface area contributed by atoms with Crippen molar-refractivity contribution < 1.29 is 4.79 Å². The van der Waals surface area contributed by atoms with Crippen LogP contribution in [0.25, 0.3) is 5.82 Å². The predicted octanol–water partition coefficient (Wildman–Crippen LogP) is 5.71. The lowest BCUT2D eigenvalue weighted by Crippen LogP contribution is -2.19. The molecule has 0 spiro atoms. The van der Waals surface area contributed by atoms with E-state index >= 15 is 0 Å². The molecule has 1 amide bonds. The summed E-state index contributed by atoms with van der Waals surface area (Å²) >= 11 is 7.56. The quantitative estimate of drug-likeness (QED) is 0.370. The van der Waals surface area contributed by atoms with Crippen LogP contribution in [0, 0.1) is 20.8 Å². The smallest absolute Gasteiger partial charge is 0.242 e. The minimum atomic E-state index is -0.509. The Morgan fingerprint density at radius 2 is 1.78 bits per heavy atom. The molecule has 0 bridgehead atoms. The number of hydrogen-bond donors (Lipinski definition) is 1. The molecule has 32 heavy (non-hydrogen) atoms. The summed E-state index contributed by atoms with van der Waals surface area (Å²) in [7, 11) is 0. The Balaban J connectivity index is 1.57. The third kappa shape index (κ3) is 5.00. The average Bonchev–Trinajstić information content (AvgIpc) is 3.13. The topological polar surface area (TPSA) is 72.7 Å².